The first-order valence-corrected chi connectivity index (χ1v) is 6.28. The fraction of sp³-hybridized carbons (Fsp3) is 0.615. The van der Waals surface area contributed by atoms with E-state index >= 15 is 0 Å². The first kappa shape index (κ1) is 12.5. The Labute approximate surface area is 103 Å². The summed E-state index contributed by atoms with van der Waals surface area (Å²) in [7, 11) is 0. The predicted octanol–water partition coefficient (Wildman–Crippen LogP) is 0.626. The van der Waals surface area contributed by atoms with Gasteiger partial charge in [-0.3, -0.25) is 9.88 Å². The number of nitrogens with zero attached hydrogens (tertiary/aromatic N) is 2. The molecule has 4 heteroatoms. The van der Waals surface area contributed by atoms with Crippen molar-refractivity contribution < 1.29 is 5.11 Å². The maximum absolute atomic E-state index is 8.99. The Kier molecular flexibility index (Phi) is 4.48. The van der Waals surface area contributed by atoms with Gasteiger partial charge in [-0.25, -0.2) is 0 Å². The molecule has 0 amide bonds. The Bertz CT molecular complexity index is 331. The van der Waals surface area contributed by atoms with Crippen molar-refractivity contribution in [3.63, 3.8) is 0 Å². The van der Waals surface area contributed by atoms with E-state index in [2.05, 4.69) is 28.2 Å². The average molecular weight is 235 g/mol. The van der Waals surface area contributed by atoms with Crippen LogP contribution in [0.3, 0.4) is 0 Å². The van der Waals surface area contributed by atoms with Gasteiger partial charge in [0, 0.05) is 44.5 Å². The SMILES string of the molecule is CC1CNC(CCO)CN1Cc1ccccn1. The Balaban J connectivity index is 1.94. The Hall–Kier alpha value is -0.970. The van der Waals surface area contributed by atoms with Crippen molar-refractivity contribution in [2.75, 3.05) is 19.7 Å². The standard InChI is InChI=1S/C13H21N3O/c1-11-8-15-13(5-7-17)10-16(11)9-12-4-2-3-6-14-12/h2-4,6,11,13,15,17H,5,7-10H2,1H3. The van der Waals surface area contributed by atoms with Gasteiger partial charge in [0.05, 0.1) is 5.69 Å². The molecule has 1 aromatic rings. The maximum Gasteiger partial charge on any atom is 0.0544 e. The van der Waals surface area contributed by atoms with E-state index in [0.29, 0.717) is 12.1 Å². The Morgan fingerprint density at radius 2 is 2.41 bits per heavy atom. The summed E-state index contributed by atoms with van der Waals surface area (Å²) in [6.07, 6.45) is 2.67. The molecule has 2 rings (SSSR count). The number of aromatic nitrogens is 1. The van der Waals surface area contributed by atoms with Gasteiger partial charge in [-0.1, -0.05) is 6.07 Å². The van der Waals surface area contributed by atoms with Crippen LogP contribution in [-0.2, 0) is 6.54 Å². The topological polar surface area (TPSA) is 48.4 Å². The molecule has 2 heterocycles. The van der Waals surface area contributed by atoms with Gasteiger partial charge in [0.25, 0.3) is 0 Å². The van der Waals surface area contributed by atoms with Crippen LogP contribution in [0.2, 0.25) is 0 Å². The van der Waals surface area contributed by atoms with Gasteiger partial charge >= 0.3 is 0 Å². The van der Waals surface area contributed by atoms with Gasteiger partial charge in [0.1, 0.15) is 0 Å². The van der Waals surface area contributed by atoms with E-state index in [0.717, 1.165) is 31.7 Å². The summed E-state index contributed by atoms with van der Waals surface area (Å²) >= 11 is 0. The molecule has 94 valence electrons. The molecule has 2 atom stereocenters. The van der Waals surface area contributed by atoms with Crippen molar-refractivity contribution in [2.24, 2.45) is 0 Å². The molecule has 0 spiro atoms. The zero-order valence-electron chi connectivity index (χ0n) is 10.3. The van der Waals surface area contributed by atoms with Gasteiger partial charge < -0.3 is 10.4 Å². The molecule has 1 aromatic heterocycles. The summed E-state index contributed by atoms with van der Waals surface area (Å²) < 4.78 is 0. The molecule has 2 N–H and O–H groups in total. The summed E-state index contributed by atoms with van der Waals surface area (Å²) in [6.45, 7) is 5.34. The first-order valence-electron chi connectivity index (χ1n) is 6.28. The number of hydrogen-bond donors (Lipinski definition) is 2. The third-order valence-corrected chi connectivity index (χ3v) is 3.35. The normalized spacial score (nSPS) is 26.0. The van der Waals surface area contributed by atoms with Crippen LogP contribution in [0.5, 0.6) is 0 Å². The van der Waals surface area contributed by atoms with Crippen LogP contribution in [0.1, 0.15) is 19.0 Å². The highest BCUT2D eigenvalue weighted by Gasteiger charge is 2.24. The second-order valence-electron chi connectivity index (χ2n) is 4.72. The van der Waals surface area contributed by atoms with Crippen molar-refractivity contribution in [3.05, 3.63) is 30.1 Å². The molecule has 1 saturated heterocycles. The van der Waals surface area contributed by atoms with Crippen molar-refractivity contribution in [1.82, 2.24) is 15.2 Å². The lowest BCUT2D eigenvalue weighted by Gasteiger charge is -2.38. The van der Waals surface area contributed by atoms with Gasteiger partial charge in [0.15, 0.2) is 0 Å². The lowest BCUT2D eigenvalue weighted by molar-refractivity contribution is 0.118. The molecule has 1 fully saturated rings. The summed E-state index contributed by atoms with van der Waals surface area (Å²) in [5.41, 5.74) is 1.11. The van der Waals surface area contributed by atoms with Crippen LogP contribution in [0.15, 0.2) is 24.4 Å². The second-order valence-corrected chi connectivity index (χ2v) is 4.72. The third kappa shape index (κ3) is 3.49. The van der Waals surface area contributed by atoms with Crippen LogP contribution in [0.4, 0.5) is 0 Å². The Morgan fingerprint density at radius 1 is 1.53 bits per heavy atom. The van der Waals surface area contributed by atoms with Crippen molar-refractivity contribution in [2.45, 2.75) is 32.0 Å². The average Bonchev–Trinajstić information content (AvgIpc) is 2.35. The van der Waals surface area contributed by atoms with E-state index < -0.39 is 0 Å². The molecular formula is C13H21N3O. The van der Waals surface area contributed by atoms with Crippen LogP contribution >= 0.6 is 0 Å². The summed E-state index contributed by atoms with van der Waals surface area (Å²) in [5.74, 6) is 0. The number of aliphatic hydroxyl groups excluding tert-OH is 1. The smallest absolute Gasteiger partial charge is 0.0544 e. The third-order valence-electron chi connectivity index (χ3n) is 3.35. The molecule has 0 saturated carbocycles. The van der Waals surface area contributed by atoms with Crippen LogP contribution in [0.25, 0.3) is 0 Å². The van der Waals surface area contributed by atoms with E-state index in [4.69, 9.17) is 5.11 Å². The van der Waals surface area contributed by atoms with E-state index in [1.54, 1.807) is 0 Å². The minimum atomic E-state index is 0.253. The second kappa shape index (κ2) is 6.10. The molecule has 1 aliphatic rings. The van der Waals surface area contributed by atoms with Gasteiger partial charge in [-0.2, -0.15) is 0 Å². The van der Waals surface area contributed by atoms with Crippen molar-refractivity contribution >= 4 is 0 Å². The number of aliphatic hydroxyl groups is 1. The monoisotopic (exact) mass is 235 g/mol. The molecule has 0 radical (unpaired) electrons. The van der Waals surface area contributed by atoms with Crippen molar-refractivity contribution in [3.8, 4) is 0 Å². The lowest BCUT2D eigenvalue weighted by atomic mass is 10.1. The van der Waals surface area contributed by atoms with E-state index in [-0.39, 0.29) is 6.61 Å². The largest absolute Gasteiger partial charge is 0.396 e. The van der Waals surface area contributed by atoms with E-state index in [1.165, 1.54) is 0 Å². The number of pyridine rings is 1. The first-order chi connectivity index (χ1) is 8.29. The predicted molar refractivity (Wildman–Crippen MR) is 67.6 cm³/mol. The highest BCUT2D eigenvalue weighted by atomic mass is 16.3. The number of nitrogens with one attached hydrogen (secondary N) is 1. The molecule has 0 aliphatic carbocycles. The summed E-state index contributed by atoms with van der Waals surface area (Å²) in [4.78, 5) is 6.80. The molecule has 1 aliphatic heterocycles. The number of rotatable bonds is 4. The lowest BCUT2D eigenvalue weighted by Crippen LogP contribution is -2.55. The van der Waals surface area contributed by atoms with E-state index in [9.17, 15) is 0 Å². The van der Waals surface area contributed by atoms with Crippen LogP contribution in [-0.4, -0.2) is 46.8 Å². The fourth-order valence-electron chi connectivity index (χ4n) is 2.26. The highest BCUT2D eigenvalue weighted by molar-refractivity contribution is 5.04. The molecule has 4 nitrogen and oxygen atoms in total. The van der Waals surface area contributed by atoms with Crippen LogP contribution < -0.4 is 5.32 Å². The molecule has 17 heavy (non-hydrogen) atoms. The molecule has 0 bridgehead atoms. The Morgan fingerprint density at radius 3 is 3.12 bits per heavy atom. The minimum absolute atomic E-state index is 0.253. The highest BCUT2D eigenvalue weighted by Crippen LogP contribution is 2.12. The zero-order chi connectivity index (χ0) is 12.1. The maximum atomic E-state index is 8.99. The van der Waals surface area contributed by atoms with Crippen molar-refractivity contribution in [1.29, 1.82) is 0 Å². The number of hydrogen-bond acceptors (Lipinski definition) is 4. The minimum Gasteiger partial charge on any atom is -0.396 e. The fourth-order valence-corrected chi connectivity index (χ4v) is 2.26. The van der Waals surface area contributed by atoms with Gasteiger partial charge in [-0.15, -0.1) is 0 Å². The summed E-state index contributed by atoms with van der Waals surface area (Å²) in [5, 5.41) is 12.5. The molecular weight excluding hydrogens is 214 g/mol. The molecule has 2 unspecified atom stereocenters. The van der Waals surface area contributed by atoms with Gasteiger partial charge in [0.2, 0.25) is 0 Å². The number of piperazine rings is 1. The summed E-state index contributed by atoms with van der Waals surface area (Å²) in [6, 6.07) is 6.96. The van der Waals surface area contributed by atoms with Gasteiger partial charge in [-0.05, 0) is 25.5 Å². The zero-order valence-corrected chi connectivity index (χ0v) is 10.3. The quantitative estimate of drug-likeness (QED) is 0.803. The van der Waals surface area contributed by atoms with E-state index in [1.807, 2.05) is 18.3 Å². The van der Waals surface area contributed by atoms with Crippen LogP contribution in [0, 0.1) is 0 Å². The molecule has 0 aromatic carbocycles.